The number of carbonyl (C=O) groups is 1. The number of nitrogens with one attached hydrogen (secondary N) is 2. The van der Waals surface area contributed by atoms with Crippen LogP contribution in [-0.2, 0) is 0 Å². The Hall–Kier alpha value is -1.55. The van der Waals surface area contributed by atoms with E-state index in [1.54, 1.807) is 12.1 Å². The first-order valence-corrected chi connectivity index (χ1v) is 6.56. The van der Waals surface area contributed by atoms with Crippen molar-refractivity contribution in [1.29, 1.82) is 0 Å². The molecule has 1 aromatic carbocycles. The summed E-state index contributed by atoms with van der Waals surface area (Å²) in [5, 5.41) is 15.5. The molecule has 0 aromatic heterocycles. The zero-order valence-electron chi connectivity index (χ0n) is 10.5. The topological polar surface area (TPSA) is 61.4 Å². The minimum absolute atomic E-state index is 0.0780. The number of amides is 1. The third kappa shape index (κ3) is 3.74. The first-order valence-electron chi connectivity index (χ1n) is 6.56. The maximum Gasteiger partial charge on any atom is 0.251 e. The van der Waals surface area contributed by atoms with Crippen molar-refractivity contribution in [3.63, 3.8) is 0 Å². The molecule has 0 spiro atoms. The number of hydrogen-bond donors (Lipinski definition) is 3. The number of benzene rings is 1. The molecule has 1 saturated heterocycles. The van der Waals surface area contributed by atoms with Crippen LogP contribution in [0.1, 0.15) is 36.0 Å². The Morgan fingerprint density at radius 1 is 1.33 bits per heavy atom. The molecule has 0 aliphatic carbocycles. The summed E-state index contributed by atoms with van der Waals surface area (Å²) in [6.45, 7) is 1.79. The second-order valence-electron chi connectivity index (χ2n) is 4.74. The number of phenolic OH excluding ortho intramolecular Hbond substituents is 1. The molecule has 98 valence electrons. The number of phenols is 1. The molecule has 1 aromatic rings. The highest BCUT2D eigenvalue weighted by atomic mass is 16.3. The standard InChI is InChI=1S/C14H20N2O2/c17-13-6-4-11(5-7-13)14(18)16-10-8-12-3-1-2-9-15-12/h4-7,12,15,17H,1-3,8-10H2,(H,16,18). The van der Waals surface area contributed by atoms with E-state index in [4.69, 9.17) is 5.11 Å². The molecule has 0 saturated carbocycles. The molecule has 1 atom stereocenters. The van der Waals surface area contributed by atoms with E-state index in [2.05, 4.69) is 10.6 Å². The molecular weight excluding hydrogens is 228 g/mol. The van der Waals surface area contributed by atoms with Crippen molar-refractivity contribution in [2.45, 2.75) is 31.7 Å². The van der Waals surface area contributed by atoms with Gasteiger partial charge in [-0.25, -0.2) is 0 Å². The van der Waals surface area contributed by atoms with Gasteiger partial charge in [-0.05, 0) is 50.1 Å². The Kier molecular flexibility index (Phi) is 4.59. The lowest BCUT2D eigenvalue weighted by Crippen LogP contribution is -2.37. The molecule has 2 rings (SSSR count). The first kappa shape index (κ1) is 12.9. The minimum atomic E-state index is -0.0780. The van der Waals surface area contributed by atoms with Gasteiger partial charge in [-0.2, -0.15) is 0 Å². The van der Waals surface area contributed by atoms with Crippen LogP contribution in [0.3, 0.4) is 0 Å². The molecule has 18 heavy (non-hydrogen) atoms. The van der Waals surface area contributed by atoms with Crippen LogP contribution < -0.4 is 10.6 Å². The molecule has 1 unspecified atom stereocenters. The zero-order chi connectivity index (χ0) is 12.8. The molecular formula is C14H20N2O2. The van der Waals surface area contributed by atoms with Crippen LogP contribution >= 0.6 is 0 Å². The number of rotatable bonds is 4. The third-order valence-corrected chi connectivity index (χ3v) is 3.32. The van der Waals surface area contributed by atoms with Gasteiger partial charge in [0.15, 0.2) is 0 Å². The van der Waals surface area contributed by atoms with Crippen LogP contribution in [0.4, 0.5) is 0 Å². The molecule has 1 aliphatic heterocycles. The average Bonchev–Trinajstić information content (AvgIpc) is 2.40. The minimum Gasteiger partial charge on any atom is -0.508 e. The SMILES string of the molecule is O=C(NCCC1CCCCN1)c1ccc(O)cc1. The average molecular weight is 248 g/mol. The number of piperidine rings is 1. The van der Waals surface area contributed by atoms with Crippen LogP contribution in [0.15, 0.2) is 24.3 Å². The molecule has 4 nitrogen and oxygen atoms in total. The molecule has 1 aliphatic rings. The summed E-state index contributed by atoms with van der Waals surface area (Å²) < 4.78 is 0. The number of hydrogen-bond acceptors (Lipinski definition) is 3. The highest BCUT2D eigenvalue weighted by molar-refractivity contribution is 5.94. The predicted octanol–water partition coefficient (Wildman–Crippen LogP) is 1.65. The smallest absolute Gasteiger partial charge is 0.251 e. The lowest BCUT2D eigenvalue weighted by molar-refractivity contribution is 0.0951. The summed E-state index contributed by atoms with van der Waals surface area (Å²) in [5.74, 6) is 0.101. The Bertz CT molecular complexity index is 383. The predicted molar refractivity (Wildman–Crippen MR) is 70.7 cm³/mol. The molecule has 0 radical (unpaired) electrons. The van der Waals surface area contributed by atoms with Crippen molar-refractivity contribution in [3.8, 4) is 5.75 Å². The van der Waals surface area contributed by atoms with Crippen molar-refractivity contribution >= 4 is 5.91 Å². The number of carbonyl (C=O) groups excluding carboxylic acids is 1. The van der Waals surface area contributed by atoms with Gasteiger partial charge in [-0.15, -0.1) is 0 Å². The van der Waals surface area contributed by atoms with Crippen molar-refractivity contribution in [1.82, 2.24) is 10.6 Å². The molecule has 4 heteroatoms. The lowest BCUT2D eigenvalue weighted by atomic mass is 10.0. The quantitative estimate of drug-likeness (QED) is 0.759. The fourth-order valence-corrected chi connectivity index (χ4v) is 2.25. The summed E-state index contributed by atoms with van der Waals surface area (Å²) in [6, 6.07) is 6.85. The Morgan fingerprint density at radius 3 is 2.78 bits per heavy atom. The van der Waals surface area contributed by atoms with Crippen LogP contribution in [-0.4, -0.2) is 30.1 Å². The van der Waals surface area contributed by atoms with E-state index in [0.29, 0.717) is 18.2 Å². The monoisotopic (exact) mass is 248 g/mol. The highest BCUT2D eigenvalue weighted by Gasteiger charge is 2.12. The van der Waals surface area contributed by atoms with Gasteiger partial charge in [0, 0.05) is 18.2 Å². The van der Waals surface area contributed by atoms with Crippen LogP contribution in [0, 0.1) is 0 Å². The van der Waals surface area contributed by atoms with Gasteiger partial charge in [-0.3, -0.25) is 4.79 Å². The van der Waals surface area contributed by atoms with E-state index in [0.717, 1.165) is 13.0 Å². The fourth-order valence-electron chi connectivity index (χ4n) is 2.25. The first-order chi connectivity index (χ1) is 8.75. The molecule has 1 amide bonds. The summed E-state index contributed by atoms with van der Waals surface area (Å²) in [4.78, 5) is 11.8. The second-order valence-corrected chi connectivity index (χ2v) is 4.74. The zero-order valence-corrected chi connectivity index (χ0v) is 10.5. The molecule has 0 bridgehead atoms. The van der Waals surface area contributed by atoms with Crippen molar-refractivity contribution in [2.75, 3.05) is 13.1 Å². The summed E-state index contributed by atoms with van der Waals surface area (Å²) >= 11 is 0. The van der Waals surface area contributed by atoms with Gasteiger partial charge < -0.3 is 15.7 Å². The Labute approximate surface area is 107 Å². The van der Waals surface area contributed by atoms with Crippen LogP contribution in [0.2, 0.25) is 0 Å². The van der Waals surface area contributed by atoms with Crippen LogP contribution in [0.5, 0.6) is 5.75 Å². The highest BCUT2D eigenvalue weighted by Crippen LogP contribution is 2.11. The maximum atomic E-state index is 11.8. The lowest BCUT2D eigenvalue weighted by Gasteiger charge is -2.23. The largest absolute Gasteiger partial charge is 0.508 e. The van der Waals surface area contributed by atoms with Crippen LogP contribution in [0.25, 0.3) is 0 Å². The van der Waals surface area contributed by atoms with E-state index in [1.807, 2.05) is 0 Å². The normalized spacial score (nSPS) is 19.4. The van der Waals surface area contributed by atoms with Crippen molar-refractivity contribution in [3.05, 3.63) is 29.8 Å². The van der Waals surface area contributed by atoms with Gasteiger partial charge in [0.25, 0.3) is 5.91 Å². The van der Waals surface area contributed by atoms with E-state index < -0.39 is 0 Å². The Balaban J connectivity index is 1.72. The summed E-state index contributed by atoms with van der Waals surface area (Å²) in [5.41, 5.74) is 0.587. The van der Waals surface area contributed by atoms with Gasteiger partial charge in [0.2, 0.25) is 0 Å². The van der Waals surface area contributed by atoms with Crippen molar-refractivity contribution in [2.24, 2.45) is 0 Å². The van der Waals surface area contributed by atoms with E-state index in [9.17, 15) is 4.79 Å². The fraction of sp³-hybridized carbons (Fsp3) is 0.500. The van der Waals surface area contributed by atoms with Gasteiger partial charge in [0.1, 0.15) is 5.75 Å². The van der Waals surface area contributed by atoms with Gasteiger partial charge in [0.05, 0.1) is 0 Å². The summed E-state index contributed by atoms with van der Waals surface area (Å²) in [6.07, 6.45) is 4.72. The van der Waals surface area contributed by atoms with Crippen molar-refractivity contribution < 1.29 is 9.90 Å². The molecule has 1 fully saturated rings. The van der Waals surface area contributed by atoms with E-state index >= 15 is 0 Å². The molecule has 1 heterocycles. The Morgan fingerprint density at radius 2 is 2.11 bits per heavy atom. The van der Waals surface area contributed by atoms with Gasteiger partial charge in [-0.1, -0.05) is 6.42 Å². The van der Waals surface area contributed by atoms with E-state index in [-0.39, 0.29) is 11.7 Å². The molecule has 3 N–H and O–H groups in total. The summed E-state index contributed by atoms with van der Waals surface area (Å²) in [7, 11) is 0. The second kappa shape index (κ2) is 6.40. The maximum absolute atomic E-state index is 11.8. The van der Waals surface area contributed by atoms with E-state index in [1.165, 1.54) is 31.4 Å². The van der Waals surface area contributed by atoms with Gasteiger partial charge >= 0.3 is 0 Å². The number of aromatic hydroxyl groups is 1. The third-order valence-electron chi connectivity index (χ3n) is 3.32.